The maximum Gasteiger partial charge on any atom is 0.251 e. The molecule has 1 unspecified atom stereocenters. The molecular weight excluding hydrogens is 436 g/mol. The van der Waals surface area contributed by atoms with Crippen molar-refractivity contribution >= 4 is 31.9 Å². The number of nitrogens with two attached hydrogens (primary N) is 1. The van der Waals surface area contributed by atoms with Gasteiger partial charge in [0, 0.05) is 5.56 Å². The average Bonchev–Trinajstić information content (AvgIpc) is 2.62. The van der Waals surface area contributed by atoms with Gasteiger partial charge in [-0.15, -0.1) is 0 Å². The third-order valence-corrected chi connectivity index (χ3v) is 5.35. The Labute approximate surface area is 167 Å². The molecule has 1 atom stereocenters. The second-order valence-corrected chi connectivity index (χ2v) is 8.15. The van der Waals surface area contributed by atoms with Crippen molar-refractivity contribution in [1.82, 2.24) is 5.32 Å². The largest absolute Gasteiger partial charge is 0.493 e. The molecule has 1 amide bonds. The fraction of sp³-hybridized carbons (Fsp3) is 0.278. The zero-order chi connectivity index (χ0) is 20.2. The first-order chi connectivity index (χ1) is 12.7. The summed E-state index contributed by atoms with van der Waals surface area (Å²) in [5.41, 5.74) is 1.14. The minimum atomic E-state index is -3.75. The molecule has 0 aliphatic rings. The molecule has 0 fully saturated rings. The summed E-state index contributed by atoms with van der Waals surface area (Å²) in [6, 6.07) is 8.94. The number of halogens is 1. The summed E-state index contributed by atoms with van der Waals surface area (Å²) < 4.78 is 34.1. The van der Waals surface area contributed by atoms with Gasteiger partial charge in [0.05, 0.1) is 29.1 Å². The van der Waals surface area contributed by atoms with E-state index in [9.17, 15) is 13.2 Å². The van der Waals surface area contributed by atoms with Crippen LogP contribution < -0.4 is 19.9 Å². The maximum absolute atomic E-state index is 12.6. The van der Waals surface area contributed by atoms with E-state index < -0.39 is 10.0 Å². The number of primary sulfonamides is 1. The molecule has 146 valence electrons. The third-order valence-electron chi connectivity index (χ3n) is 3.84. The predicted octanol–water partition coefficient (Wildman–Crippen LogP) is 2.99. The Morgan fingerprint density at radius 2 is 1.89 bits per heavy atom. The molecule has 3 N–H and O–H groups in total. The van der Waals surface area contributed by atoms with Crippen molar-refractivity contribution < 1.29 is 22.7 Å². The van der Waals surface area contributed by atoms with Crippen LogP contribution in [0.5, 0.6) is 11.5 Å². The Kier molecular flexibility index (Phi) is 6.85. The molecule has 27 heavy (non-hydrogen) atoms. The van der Waals surface area contributed by atoms with E-state index in [0.29, 0.717) is 28.1 Å². The van der Waals surface area contributed by atoms with Gasteiger partial charge in [-0.05, 0) is 59.6 Å². The molecular formula is C18H21BrN2O5S. The van der Waals surface area contributed by atoms with Gasteiger partial charge in [-0.3, -0.25) is 4.79 Å². The zero-order valence-electron chi connectivity index (χ0n) is 15.2. The summed E-state index contributed by atoms with van der Waals surface area (Å²) >= 11 is 3.39. The zero-order valence-corrected chi connectivity index (χ0v) is 17.6. The van der Waals surface area contributed by atoms with Crippen LogP contribution in [0.15, 0.2) is 45.8 Å². The molecule has 0 heterocycles. The number of sulfonamides is 1. The Morgan fingerprint density at radius 3 is 2.41 bits per heavy atom. The molecule has 0 spiro atoms. The van der Waals surface area contributed by atoms with Gasteiger partial charge in [-0.2, -0.15) is 0 Å². The fourth-order valence-electron chi connectivity index (χ4n) is 2.44. The summed E-state index contributed by atoms with van der Waals surface area (Å²) in [5.74, 6) is 0.671. The molecule has 9 heteroatoms. The molecule has 0 aliphatic carbocycles. The molecule has 2 aromatic rings. The highest BCUT2D eigenvalue weighted by molar-refractivity contribution is 9.10. The third kappa shape index (κ3) is 5.21. The summed E-state index contributed by atoms with van der Waals surface area (Å²) in [5, 5.41) is 7.95. The Balaban J connectivity index is 2.20. The molecule has 0 saturated heterocycles. The number of methoxy groups -OCH3 is 1. The number of nitrogens with one attached hydrogen (secondary N) is 1. The first-order valence-corrected chi connectivity index (χ1v) is 10.4. The van der Waals surface area contributed by atoms with E-state index in [4.69, 9.17) is 14.6 Å². The van der Waals surface area contributed by atoms with Gasteiger partial charge in [-0.25, -0.2) is 13.6 Å². The van der Waals surface area contributed by atoms with E-state index in [1.165, 1.54) is 19.2 Å². The lowest BCUT2D eigenvalue weighted by Crippen LogP contribution is -2.26. The second kappa shape index (κ2) is 8.73. The first kappa shape index (κ1) is 21.2. The number of ether oxygens (including phenoxy) is 2. The van der Waals surface area contributed by atoms with Crippen LogP contribution in [0, 0.1) is 0 Å². The van der Waals surface area contributed by atoms with E-state index in [-0.39, 0.29) is 16.8 Å². The average molecular weight is 457 g/mol. The van der Waals surface area contributed by atoms with Crippen molar-refractivity contribution in [3.63, 3.8) is 0 Å². The van der Waals surface area contributed by atoms with Crippen LogP contribution in [0.1, 0.15) is 35.8 Å². The molecule has 7 nitrogen and oxygen atoms in total. The van der Waals surface area contributed by atoms with Crippen LogP contribution in [0.3, 0.4) is 0 Å². The predicted molar refractivity (Wildman–Crippen MR) is 106 cm³/mol. The number of hydrogen-bond donors (Lipinski definition) is 2. The SMILES string of the molecule is CCOc1c(Br)cc(C(=O)NC(C)c2ccc(S(N)(=O)=O)cc2)cc1OC. The van der Waals surface area contributed by atoms with E-state index >= 15 is 0 Å². The molecule has 2 rings (SSSR count). The van der Waals surface area contributed by atoms with E-state index in [1.54, 1.807) is 31.2 Å². The molecule has 2 aromatic carbocycles. The normalized spacial score (nSPS) is 12.3. The number of carbonyl (C=O) groups is 1. The van der Waals surface area contributed by atoms with Gasteiger partial charge in [0.25, 0.3) is 5.91 Å². The summed E-state index contributed by atoms with van der Waals surface area (Å²) in [4.78, 5) is 12.6. The van der Waals surface area contributed by atoms with Crippen molar-refractivity contribution in [2.75, 3.05) is 13.7 Å². The molecule has 0 saturated carbocycles. The van der Waals surface area contributed by atoms with E-state index in [1.807, 2.05) is 6.92 Å². The van der Waals surface area contributed by atoms with Gasteiger partial charge in [0.15, 0.2) is 11.5 Å². The summed E-state index contributed by atoms with van der Waals surface area (Å²) in [7, 11) is -2.25. The highest BCUT2D eigenvalue weighted by atomic mass is 79.9. The minimum absolute atomic E-state index is 0.0185. The lowest BCUT2D eigenvalue weighted by atomic mass is 10.1. The quantitative estimate of drug-likeness (QED) is 0.665. The topological polar surface area (TPSA) is 108 Å². The first-order valence-electron chi connectivity index (χ1n) is 8.11. The van der Waals surface area contributed by atoms with Crippen molar-refractivity contribution in [3.8, 4) is 11.5 Å². The van der Waals surface area contributed by atoms with Crippen molar-refractivity contribution in [1.29, 1.82) is 0 Å². The van der Waals surface area contributed by atoms with Gasteiger partial charge in [-0.1, -0.05) is 12.1 Å². The Hall–Kier alpha value is -2.10. The molecule has 0 radical (unpaired) electrons. The highest BCUT2D eigenvalue weighted by Crippen LogP contribution is 2.36. The number of hydrogen-bond acceptors (Lipinski definition) is 5. The standard InChI is InChI=1S/C18H21BrN2O5S/c1-4-26-17-15(19)9-13(10-16(17)25-3)18(22)21-11(2)12-5-7-14(8-6-12)27(20,23)24/h5-11H,4H2,1-3H3,(H,21,22)(H2,20,23,24). The summed E-state index contributed by atoms with van der Waals surface area (Å²) in [6.45, 7) is 4.12. The monoisotopic (exact) mass is 456 g/mol. The smallest absolute Gasteiger partial charge is 0.251 e. The second-order valence-electron chi connectivity index (χ2n) is 5.73. The van der Waals surface area contributed by atoms with Crippen molar-refractivity contribution in [3.05, 3.63) is 52.0 Å². The van der Waals surface area contributed by atoms with Crippen LogP contribution in [-0.4, -0.2) is 28.0 Å². The van der Waals surface area contributed by atoms with Gasteiger partial charge in [0.1, 0.15) is 0 Å². The van der Waals surface area contributed by atoms with Crippen LogP contribution in [0.4, 0.5) is 0 Å². The highest BCUT2D eigenvalue weighted by Gasteiger charge is 2.18. The number of amides is 1. The maximum atomic E-state index is 12.6. The van der Waals surface area contributed by atoms with E-state index in [0.717, 1.165) is 5.56 Å². The number of carbonyl (C=O) groups excluding carboxylic acids is 1. The van der Waals surface area contributed by atoms with Gasteiger partial charge in [0.2, 0.25) is 10.0 Å². The van der Waals surface area contributed by atoms with Gasteiger partial charge >= 0.3 is 0 Å². The van der Waals surface area contributed by atoms with E-state index in [2.05, 4.69) is 21.2 Å². The van der Waals surface area contributed by atoms with Crippen LogP contribution in [0.2, 0.25) is 0 Å². The van der Waals surface area contributed by atoms with Crippen molar-refractivity contribution in [2.45, 2.75) is 24.8 Å². The Bertz CT molecular complexity index is 930. The van der Waals surface area contributed by atoms with Crippen LogP contribution >= 0.6 is 15.9 Å². The lowest BCUT2D eigenvalue weighted by molar-refractivity contribution is 0.0939. The fourth-order valence-corrected chi connectivity index (χ4v) is 3.52. The number of rotatable bonds is 7. The van der Waals surface area contributed by atoms with Crippen molar-refractivity contribution in [2.24, 2.45) is 5.14 Å². The Morgan fingerprint density at radius 1 is 1.26 bits per heavy atom. The minimum Gasteiger partial charge on any atom is -0.493 e. The molecule has 0 aromatic heterocycles. The summed E-state index contributed by atoms with van der Waals surface area (Å²) in [6.07, 6.45) is 0. The lowest BCUT2D eigenvalue weighted by Gasteiger charge is -2.17. The van der Waals surface area contributed by atoms with Crippen LogP contribution in [0.25, 0.3) is 0 Å². The number of benzene rings is 2. The van der Waals surface area contributed by atoms with Gasteiger partial charge < -0.3 is 14.8 Å². The molecule has 0 aliphatic heterocycles. The molecule has 0 bridgehead atoms. The van der Waals surface area contributed by atoms with Crippen LogP contribution in [-0.2, 0) is 10.0 Å².